The summed E-state index contributed by atoms with van der Waals surface area (Å²) in [6.45, 7) is 1.74. The van der Waals surface area contributed by atoms with E-state index < -0.39 is 0 Å². The van der Waals surface area contributed by atoms with Gasteiger partial charge in [0.05, 0.1) is 22.9 Å². The molecule has 2 aromatic carbocycles. The van der Waals surface area contributed by atoms with Crippen LogP contribution in [-0.2, 0) is 9.59 Å². The van der Waals surface area contributed by atoms with Gasteiger partial charge in [-0.1, -0.05) is 41.6 Å². The Morgan fingerprint density at radius 3 is 2.07 bits per heavy atom. The van der Waals surface area contributed by atoms with Crippen molar-refractivity contribution in [2.24, 2.45) is 0 Å². The molecule has 0 aliphatic carbocycles. The summed E-state index contributed by atoms with van der Waals surface area (Å²) >= 11 is 1.22. The average molecular weight is 396 g/mol. The van der Waals surface area contributed by atoms with Crippen molar-refractivity contribution in [3.05, 3.63) is 72.5 Å². The van der Waals surface area contributed by atoms with Gasteiger partial charge in [-0.25, -0.2) is 0 Å². The van der Waals surface area contributed by atoms with Crippen molar-refractivity contribution in [3.8, 4) is 0 Å². The van der Waals surface area contributed by atoms with Crippen LogP contribution in [0.4, 0.5) is 17.2 Å². The maximum absolute atomic E-state index is 12.4. The summed E-state index contributed by atoms with van der Waals surface area (Å²) in [6, 6.07) is 20.7. The van der Waals surface area contributed by atoms with E-state index in [1.165, 1.54) is 11.8 Å². The van der Waals surface area contributed by atoms with Crippen LogP contribution in [0.2, 0.25) is 0 Å². The topological polar surface area (TPSA) is 87.5 Å². The Labute approximate surface area is 167 Å². The minimum absolute atomic E-state index is 0.135. The molecule has 28 heavy (non-hydrogen) atoms. The number of amides is 2. The van der Waals surface area contributed by atoms with Crippen LogP contribution < -0.4 is 15.8 Å². The van der Waals surface area contributed by atoms with Crippen molar-refractivity contribution in [1.82, 2.24) is 10.6 Å². The number of thioether (sulfide) groups is 1. The molecule has 0 aliphatic heterocycles. The van der Waals surface area contributed by atoms with Crippen LogP contribution in [0, 0.1) is 6.92 Å². The van der Waals surface area contributed by atoms with Crippen LogP contribution in [0.15, 0.2) is 71.3 Å². The molecule has 2 amide bonds. The Morgan fingerprint density at radius 1 is 0.964 bits per heavy atom. The number of nitrogens with one attached hydrogen (secondary N) is 2. The van der Waals surface area contributed by atoms with Crippen LogP contribution in [0.25, 0.3) is 0 Å². The number of para-hydroxylation sites is 2. The molecule has 7 nitrogen and oxygen atoms in total. The van der Waals surface area contributed by atoms with E-state index in [0.717, 1.165) is 11.4 Å². The summed E-state index contributed by atoms with van der Waals surface area (Å²) in [4.78, 5) is 24.3. The second-order valence-corrected chi connectivity index (χ2v) is 6.89. The molecule has 0 unspecified atom stereocenters. The number of anilines is 3. The Kier molecular flexibility index (Phi) is 6.69. The van der Waals surface area contributed by atoms with E-state index in [4.69, 9.17) is 4.52 Å². The first-order valence-electron chi connectivity index (χ1n) is 8.62. The lowest BCUT2D eigenvalue weighted by Crippen LogP contribution is -2.40. The van der Waals surface area contributed by atoms with E-state index in [9.17, 15) is 9.59 Å². The minimum atomic E-state index is -0.242. The molecule has 0 fully saturated rings. The molecule has 1 aromatic heterocycles. The number of hydrogen-bond donors (Lipinski definition) is 2. The van der Waals surface area contributed by atoms with E-state index >= 15 is 0 Å². The quantitative estimate of drug-likeness (QED) is 0.567. The molecule has 2 N–H and O–H groups in total. The monoisotopic (exact) mass is 396 g/mol. The van der Waals surface area contributed by atoms with Gasteiger partial charge in [0.2, 0.25) is 11.8 Å². The maximum Gasteiger partial charge on any atom is 0.248 e. The van der Waals surface area contributed by atoms with Gasteiger partial charge in [-0.05, 0) is 31.2 Å². The Morgan fingerprint density at radius 2 is 1.54 bits per heavy atom. The number of rotatable bonds is 8. The minimum Gasteiger partial charge on any atom is -0.360 e. The molecule has 0 atom stereocenters. The second kappa shape index (κ2) is 9.61. The molecular weight excluding hydrogens is 376 g/mol. The lowest BCUT2D eigenvalue weighted by molar-refractivity contribution is -0.118. The van der Waals surface area contributed by atoms with Gasteiger partial charge in [0.1, 0.15) is 5.76 Å². The van der Waals surface area contributed by atoms with Gasteiger partial charge < -0.3 is 9.84 Å². The smallest absolute Gasteiger partial charge is 0.248 e. The molecule has 0 bridgehead atoms. The standard InChI is InChI=1S/C20H20N4O3S/c1-15-12-18(23-27-15)21-19(25)13-28-14-20(26)22-24(16-8-4-2-5-9-16)17-10-6-3-7-11-17/h2-12H,13-14H2,1H3,(H,22,26)(H,21,23,25). The Balaban J connectivity index is 1.53. The third kappa shape index (κ3) is 5.62. The van der Waals surface area contributed by atoms with Crippen molar-refractivity contribution >= 4 is 40.8 Å². The zero-order valence-electron chi connectivity index (χ0n) is 15.3. The third-order valence-corrected chi connectivity index (χ3v) is 4.56. The summed E-state index contributed by atoms with van der Waals surface area (Å²) in [5, 5.41) is 8.05. The lowest BCUT2D eigenvalue weighted by atomic mass is 10.2. The molecule has 0 saturated carbocycles. The van der Waals surface area contributed by atoms with Gasteiger partial charge in [-0.3, -0.25) is 20.0 Å². The van der Waals surface area contributed by atoms with E-state index in [1.807, 2.05) is 60.7 Å². The summed E-state index contributed by atoms with van der Waals surface area (Å²) < 4.78 is 4.89. The first-order chi connectivity index (χ1) is 13.6. The van der Waals surface area contributed by atoms with Gasteiger partial charge in [-0.2, -0.15) is 0 Å². The molecule has 3 aromatic rings. The van der Waals surface area contributed by atoms with Crippen molar-refractivity contribution in [3.63, 3.8) is 0 Å². The molecule has 8 heteroatoms. The molecule has 0 saturated heterocycles. The molecule has 0 radical (unpaired) electrons. The fraction of sp³-hybridized carbons (Fsp3) is 0.150. The van der Waals surface area contributed by atoms with Crippen molar-refractivity contribution in [2.45, 2.75) is 6.92 Å². The highest BCUT2D eigenvalue weighted by atomic mass is 32.2. The molecule has 0 spiro atoms. The first kappa shape index (κ1) is 19.5. The highest BCUT2D eigenvalue weighted by Crippen LogP contribution is 2.22. The molecule has 3 rings (SSSR count). The van der Waals surface area contributed by atoms with Crippen LogP contribution in [0.5, 0.6) is 0 Å². The van der Waals surface area contributed by atoms with Gasteiger partial charge in [0.15, 0.2) is 5.82 Å². The van der Waals surface area contributed by atoms with E-state index in [1.54, 1.807) is 18.0 Å². The highest BCUT2D eigenvalue weighted by Gasteiger charge is 2.13. The van der Waals surface area contributed by atoms with Crippen molar-refractivity contribution in [1.29, 1.82) is 0 Å². The summed E-state index contributed by atoms with van der Waals surface area (Å²) in [5.74, 6) is 0.810. The van der Waals surface area contributed by atoms with Gasteiger partial charge in [0, 0.05) is 6.07 Å². The molecule has 144 valence electrons. The van der Waals surface area contributed by atoms with Gasteiger partial charge in [-0.15, -0.1) is 11.8 Å². The predicted octanol–water partition coefficient (Wildman–Crippen LogP) is 3.52. The number of benzene rings is 2. The van der Waals surface area contributed by atoms with E-state index in [2.05, 4.69) is 15.9 Å². The summed E-state index contributed by atoms with van der Waals surface area (Å²) in [5.41, 5.74) is 4.57. The summed E-state index contributed by atoms with van der Waals surface area (Å²) in [7, 11) is 0. The predicted molar refractivity (Wildman–Crippen MR) is 110 cm³/mol. The fourth-order valence-corrected chi connectivity index (χ4v) is 3.04. The van der Waals surface area contributed by atoms with Gasteiger partial charge in [0.25, 0.3) is 0 Å². The Bertz CT molecular complexity index is 876. The van der Waals surface area contributed by atoms with E-state index in [0.29, 0.717) is 11.6 Å². The number of nitrogens with zero attached hydrogens (tertiary/aromatic N) is 2. The molecular formula is C20H20N4O3S. The zero-order chi connectivity index (χ0) is 19.8. The van der Waals surface area contributed by atoms with Crippen LogP contribution in [0.3, 0.4) is 0 Å². The maximum atomic E-state index is 12.4. The largest absolute Gasteiger partial charge is 0.360 e. The Hall–Kier alpha value is -3.26. The second-order valence-electron chi connectivity index (χ2n) is 5.91. The van der Waals surface area contributed by atoms with Crippen molar-refractivity contribution in [2.75, 3.05) is 21.8 Å². The molecule has 0 aliphatic rings. The number of hydrogen-bond acceptors (Lipinski definition) is 6. The van der Waals surface area contributed by atoms with Crippen molar-refractivity contribution < 1.29 is 14.1 Å². The highest BCUT2D eigenvalue weighted by molar-refractivity contribution is 8.00. The SMILES string of the molecule is Cc1cc(NC(=O)CSCC(=O)NN(c2ccccc2)c2ccccc2)no1. The number of carbonyl (C=O) groups excluding carboxylic acids is 2. The normalized spacial score (nSPS) is 10.3. The average Bonchev–Trinajstić information content (AvgIpc) is 3.12. The van der Waals surface area contributed by atoms with Crippen LogP contribution in [-0.4, -0.2) is 28.5 Å². The van der Waals surface area contributed by atoms with Crippen LogP contribution >= 0.6 is 11.8 Å². The number of aryl methyl sites for hydroxylation is 1. The third-order valence-electron chi connectivity index (χ3n) is 3.63. The fourth-order valence-electron chi connectivity index (χ4n) is 2.43. The zero-order valence-corrected chi connectivity index (χ0v) is 16.1. The van der Waals surface area contributed by atoms with Gasteiger partial charge >= 0.3 is 0 Å². The van der Waals surface area contributed by atoms with Crippen LogP contribution in [0.1, 0.15) is 5.76 Å². The molecule has 1 heterocycles. The number of carbonyl (C=O) groups is 2. The first-order valence-corrected chi connectivity index (χ1v) is 9.78. The number of hydrazine groups is 1. The number of aromatic nitrogens is 1. The lowest BCUT2D eigenvalue weighted by Gasteiger charge is -2.25. The summed E-state index contributed by atoms with van der Waals surface area (Å²) in [6.07, 6.45) is 0. The van der Waals surface area contributed by atoms with E-state index in [-0.39, 0.29) is 23.3 Å².